The van der Waals surface area contributed by atoms with E-state index < -0.39 is 35.1 Å². The molecule has 10 nitrogen and oxygen atoms in total. The summed E-state index contributed by atoms with van der Waals surface area (Å²) in [6.07, 6.45) is 1.16. The lowest BCUT2D eigenvalue weighted by Gasteiger charge is -2.14. The SMILES string of the molecule is O=C(COc1ccc([N+](=O)[O-])cc1C=C1C(=O)NN(c2ccccc2)C1=O)Nc1cccc(F)c1. The molecule has 0 aliphatic carbocycles. The topological polar surface area (TPSA) is 131 Å². The van der Waals surface area contributed by atoms with Crippen molar-refractivity contribution in [2.45, 2.75) is 0 Å². The van der Waals surface area contributed by atoms with Crippen LogP contribution in [0.5, 0.6) is 5.75 Å². The molecule has 1 aliphatic rings. The average Bonchev–Trinajstić information content (AvgIpc) is 3.12. The average molecular weight is 476 g/mol. The number of halogens is 1. The highest BCUT2D eigenvalue weighted by atomic mass is 19.1. The summed E-state index contributed by atoms with van der Waals surface area (Å²) in [5, 5.41) is 14.8. The molecule has 0 unspecified atom stereocenters. The highest BCUT2D eigenvalue weighted by Crippen LogP contribution is 2.29. The van der Waals surface area contributed by atoms with Crippen molar-refractivity contribution >= 4 is 40.9 Å². The Morgan fingerprint density at radius 1 is 1.09 bits per heavy atom. The van der Waals surface area contributed by atoms with Gasteiger partial charge in [0.2, 0.25) is 0 Å². The standard InChI is InChI=1S/C24H17FN4O6/c25-16-5-4-6-17(13-16)26-22(30)14-35-21-10-9-19(29(33)34)11-15(21)12-20-23(31)27-28(24(20)32)18-7-2-1-3-8-18/h1-13H,14H2,(H,26,30)(H,27,31). The van der Waals surface area contributed by atoms with Crippen LogP contribution in [0.25, 0.3) is 6.08 Å². The van der Waals surface area contributed by atoms with Gasteiger partial charge in [-0.15, -0.1) is 0 Å². The molecule has 1 saturated heterocycles. The zero-order valence-electron chi connectivity index (χ0n) is 17.9. The number of benzene rings is 3. The summed E-state index contributed by atoms with van der Waals surface area (Å²) in [5.41, 5.74) is 2.55. The molecular formula is C24H17FN4O6. The number of para-hydroxylation sites is 1. The lowest BCUT2D eigenvalue weighted by atomic mass is 10.1. The van der Waals surface area contributed by atoms with E-state index in [9.17, 15) is 28.9 Å². The zero-order valence-corrected chi connectivity index (χ0v) is 17.9. The second kappa shape index (κ2) is 9.83. The van der Waals surface area contributed by atoms with Gasteiger partial charge in [0, 0.05) is 23.4 Å². The van der Waals surface area contributed by atoms with Gasteiger partial charge < -0.3 is 10.1 Å². The normalized spacial score (nSPS) is 14.1. The van der Waals surface area contributed by atoms with E-state index in [1.807, 2.05) is 0 Å². The first kappa shape index (κ1) is 23.1. The van der Waals surface area contributed by atoms with Gasteiger partial charge in [-0.1, -0.05) is 24.3 Å². The van der Waals surface area contributed by atoms with Crippen LogP contribution in [0.4, 0.5) is 21.5 Å². The number of non-ortho nitro benzene ring substituents is 1. The molecule has 1 fully saturated rings. The van der Waals surface area contributed by atoms with Crippen LogP contribution in [0.15, 0.2) is 78.4 Å². The number of nitro benzene ring substituents is 1. The summed E-state index contributed by atoms with van der Waals surface area (Å²) < 4.78 is 18.8. The fourth-order valence-corrected chi connectivity index (χ4v) is 3.27. The summed E-state index contributed by atoms with van der Waals surface area (Å²) in [7, 11) is 0. The molecular weight excluding hydrogens is 459 g/mol. The predicted molar refractivity (Wildman–Crippen MR) is 124 cm³/mol. The van der Waals surface area contributed by atoms with Crippen LogP contribution in [0.3, 0.4) is 0 Å². The van der Waals surface area contributed by atoms with Crippen molar-refractivity contribution < 1.29 is 28.4 Å². The Hall–Kier alpha value is -5.06. The van der Waals surface area contributed by atoms with E-state index in [1.54, 1.807) is 30.3 Å². The first-order valence-electron chi connectivity index (χ1n) is 10.2. The molecule has 4 rings (SSSR count). The van der Waals surface area contributed by atoms with Gasteiger partial charge in [0.25, 0.3) is 23.4 Å². The first-order chi connectivity index (χ1) is 16.8. The van der Waals surface area contributed by atoms with E-state index in [4.69, 9.17) is 4.74 Å². The third-order valence-corrected chi connectivity index (χ3v) is 4.88. The van der Waals surface area contributed by atoms with Crippen molar-refractivity contribution in [1.82, 2.24) is 5.43 Å². The second-order valence-electron chi connectivity index (χ2n) is 7.30. The summed E-state index contributed by atoms with van der Waals surface area (Å²) in [6.45, 7) is -0.513. The molecule has 2 N–H and O–H groups in total. The molecule has 1 aliphatic heterocycles. The van der Waals surface area contributed by atoms with Gasteiger partial charge in [0.1, 0.15) is 17.1 Å². The van der Waals surface area contributed by atoms with Gasteiger partial charge in [0.05, 0.1) is 10.6 Å². The third-order valence-electron chi connectivity index (χ3n) is 4.88. The number of hydrogen-bond donors (Lipinski definition) is 2. The largest absolute Gasteiger partial charge is 0.483 e. The molecule has 176 valence electrons. The summed E-state index contributed by atoms with van der Waals surface area (Å²) in [6, 6.07) is 17.2. The molecule has 3 aromatic carbocycles. The molecule has 3 amide bonds. The third kappa shape index (κ3) is 5.30. The number of carbonyl (C=O) groups excluding carboxylic acids is 3. The number of ether oxygens (including phenoxy) is 1. The molecule has 0 saturated carbocycles. The van der Waals surface area contributed by atoms with Gasteiger partial charge in [-0.3, -0.25) is 29.9 Å². The lowest BCUT2D eigenvalue weighted by molar-refractivity contribution is -0.384. The minimum atomic E-state index is -0.708. The van der Waals surface area contributed by atoms with Crippen LogP contribution >= 0.6 is 0 Å². The Labute approximate surface area is 197 Å². The Balaban J connectivity index is 1.58. The number of hydrogen-bond acceptors (Lipinski definition) is 6. The van der Waals surface area contributed by atoms with E-state index in [1.165, 1.54) is 24.3 Å². The fourth-order valence-electron chi connectivity index (χ4n) is 3.27. The predicted octanol–water partition coefficient (Wildman–Crippen LogP) is 3.21. The maximum absolute atomic E-state index is 13.3. The minimum absolute atomic E-state index is 0.0243. The number of carbonyl (C=O) groups is 3. The van der Waals surface area contributed by atoms with Crippen molar-refractivity contribution in [3.05, 3.63) is 99.9 Å². The highest BCUT2D eigenvalue weighted by Gasteiger charge is 2.34. The minimum Gasteiger partial charge on any atom is -0.483 e. The maximum Gasteiger partial charge on any atom is 0.282 e. The number of anilines is 2. The van der Waals surface area contributed by atoms with Crippen LogP contribution in [0, 0.1) is 15.9 Å². The zero-order chi connectivity index (χ0) is 24.9. The van der Waals surface area contributed by atoms with Crippen LogP contribution in [0.2, 0.25) is 0 Å². The van der Waals surface area contributed by atoms with Crippen molar-refractivity contribution in [2.24, 2.45) is 0 Å². The van der Waals surface area contributed by atoms with Crippen molar-refractivity contribution in [3.8, 4) is 5.75 Å². The van der Waals surface area contributed by atoms with Crippen LogP contribution in [-0.2, 0) is 14.4 Å². The summed E-state index contributed by atoms with van der Waals surface area (Å²) in [5.74, 6) is -2.49. The molecule has 0 aromatic heterocycles. The maximum atomic E-state index is 13.3. The second-order valence-corrected chi connectivity index (χ2v) is 7.30. The number of nitro groups is 1. The molecule has 1 heterocycles. The number of nitrogens with zero attached hydrogens (tertiary/aromatic N) is 2. The number of nitrogens with one attached hydrogen (secondary N) is 2. The first-order valence-corrected chi connectivity index (χ1v) is 10.2. The molecule has 35 heavy (non-hydrogen) atoms. The molecule has 0 atom stereocenters. The molecule has 3 aromatic rings. The van der Waals surface area contributed by atoms with Crippen LogP contribution in [0.1, 0.15) is 5.56 Å². The van der Waals surface area contributed by atoms with E-state index in [2.05, 4.69) is 10.7 Å². The molecule has 0 spiro atoms. The monoisotopic (exact) mass is 476 g/mol. The van der Waals surface area contributed by atoms with Crippen LogP contribution in [-0.4, -0.2) is 29.3 Å². The van der Waals surface area contributed by atoms with E-state index in [0.29, 0.717) is 5.69 Å². The number of amides is 3. The Morgan fingerprint density at radius 3 is 2.57 bits per heavy atom. The van der Waals surface area contributed by atoms with Gasteiger partial charge in [-0.25, -0.2) is 9.40 Å². The van der Waals surface area contributed by atoms with E-state index in [-0.39, 0.29) is 28.3 Å². The summed E-state index contributed by atoms with van der Waals surface area (Å²) in [4.78, 5) is 48.2. The van der Waals surface area contributed by atoms with E-state index in [0.717, 1.165) is 29.3 Å². The van der Waals surface area contributed by atoms with E-state index >= 15 is 0 Å². The highest BCUT2D eigenvalue weighted by molar-refractivity contribution is 6.31. The lowest BCUT2D eigenvalue weighted by Crippen LogP contribution is -2.35. The van der Waals surface area contributed by atoms with Crippen molar-refractivity contribution in [3.63, 3.8) is 0 Å². The molecule has 0 bridgehead atoms. The summed E-state index contributed by atoms with van der Waals surface area (Å²) >= 11 is 0. The Kier molecular flexibility index (Phi) is 6.49. The fraction of sp³-hybridized carbons (Fsp3) is 0.0417. The van der Waals surface area contributed by atoms with Crippen LogP contribution < -0.4 is 20.5 Å². The number of rotatable bonds is 7. The van der Waals surface area contributed by atoms with Gasteiger partial charge in [-0.2, -0.15) is 0 Å². The Bertz CT molecular complexity index is 1360. The van der Waals surface area contributed by atoms with Gasteiger partial charge in [0.15, 0.2) is 6.61 Å². The molecule has 0 radical (unpaired) electrons. The quantitative estimate of drug-likeness (QED) is 0.233. The van der Waals surface area contributed by atoms with Crippen molar-refractivity contribution in [2.75, 3.05) is 16.9 Å². The molecule has 11 heteroatoms. The Morgan fingerprint density at radius 2 is 1.86 bits per heavy atom. The smallest absolute Gasteiger partial charge is 0.282 e. The van der Waals surface area contributed by atoms with Crippen molar-refractivity contribution in [1.29, 1.82) is 0 Å². The number of hydrazine groups is 1. The van der Waals surface area contributed by atoms with Gasteiger partial charge in [-0.05, 0) is 42.5 Å². The van der Waals surface area contributed by atoms with Gasteiger partial charge >= 0.3 is 0 Å².